The summed E-state index contributed by atoms with van der Waals surface area (Å²) in [4.78, 5) is 13.7. The van der Waals surface area contributed by atoms with Crippen molar-refractivity contribution in [3.05, 3.63) is 60.2 Å². The van der Waals surface area contributed by atoms with Gasteiger partial charge < -0.3 is 14.5 Å². The molecule has 0 unspecified atom stereocenters. The molecular weight excluding hydrogens is 416 g/mol. The molecule has 0 saturated carbocycles. The number of oxazole rings is 1. The first-order chi connectivity index (χ1) is 16.1. The maximum Gasteiger partial charge on any atom is 0.222 e. The van der Waals surface area contributed by atoms with Gasteiger partial charge in [0.2, 0.25) is 5.88 Å². The van der Waals surface area contributed by atoms with Gasteiger partial charge >= 0.3 is 0 Å². The van der Waals surface area contributed by atoms with Crippen LogP contribution in [0.1, 0.15) is 38.1 Å². The molecule has 0 atom stereocenters. The molecule has 0 fully saturated rings. The van der Waals surface area contributed by atoms with Crippen molar-refractivity contribution in [2.75, 3.05) is 11.9 Å². The van der Waals surface area contributed by atoms with Crippen molar-refractivity contribution in [3.63, 3.8) is 0 Å². The van der Waals surface area contributed by atoms with E-state index in [-0.39, 0.29) is 6.04 Å². The second-order valence-electron chi connectivity index (χ2n) is 8.14. The summed E-state index contributed by atoms with van der Waals surface area (Å²) in [5, 5.41) is 8.39. The molecule has 1 N–H and O–H groups in total. The molecule has 0 bridgehead atoms. The Kier molecular flexibility index (Phi) is 5.42. The highest BCUT2D eigenvalue weighted by molar-refractivity contribution is 5.93. The van der Waals surface area contributed by atoms with E-state index < -0.39 is 0 Å². The normalized spacial score (nSPS) is 11.5. The number of pyridine rings is 2. The van der Waals surface area contributed by atoms with Crippen molar-refractivity contribution >= 4 is 27.8 Å². The second-order valence-corrected chi connectivity index (χ2v) is 8.14. The van der Waals surface area contributed by atoms with Crippen LogP contribution < -0.4 is 10.1 Å². The summed E-state index contributed by atoms with van der Waals surface area (Å²) in [6, 6.07) is 12.1. The van der Waals surface area contributed by atoms with Crippen LogP contribution in [-0.2, 0) is 6.54 Å². The lowest BCUT2D eigenvalue weighted by molar-refractivity contribution is 0.328. The zero-order chi connectivity index (χ0) is 22.9. The number of ether oxygens (including phenoxy) is 1. The van der Waals surface area contributed by atoms with E-state index in [4.69, 9.17) is 19.2 Å². The second kappa shape index (κ2) is 8.54. The van der Waals surface area contributed by atoms with E-state index in [1.807, 2.05) is 54.9 Å². The van der Waals surface area contributed by atoms with E-state index in [2.05, 4.69) is 29.1 Å². The van der Waals surface area contributed by atoms with Crippen LogP contribution in [-0.4, -0.2) is 31.3 Å². The Balaban J connectivity index is 1.65. The highest BCUT2D eigenvalue weighted by atomic mass is 16.5. The molecule has 1 aromatic carbocycles. The fourth-order valence-corrected chi connectivity index (χ4v) is 4.04. The van der Waals surface area contributed by atoms with Gasteiger partial charge in [-0.15, -0.1) is 0 Å². The molecule has 0 amide bonds. The quantitative estimate of drug-likeness (QED) is 0.354. The largest absolute Gasteiger partial charge is 0.477 e. The molecule has 8 nitrogen and oxygen atoms in total. The molecule has 0 aliphatic heterocycles. The molecule has 168 valence electrons. The molecule has 0 aliphatic rings. The van der Waals surface area contributed by atoms with Gasteiger partial charge in [-0.2, -0.15) is 5.10 Å². The highest BCUT2D eigenvalue weighted by Crippen LogP contribution is 2.35. The van der Waals surface area contributed by atoms with Crippen molar-refractivity contribution in [1.29, 1.82) is 0 Å². The SMILES string of the molecule is CCOc1ncccc1-c1cc(NCc2cccc3ncoc23)c2c(n1)c(C)nn2C(C)C. The molecule has 33 heavy (non-hydrogen) atoms. The standard InChI is InChI=1S/C25H26N6O2/c1-5-32-25-18(9-7-11-26-25)20-12-21(23-22(29-20)16(4)30-31(23)15(2)3)27-13-17-8-6-10-19-24(17)33-14-28-19/h6-12,14-15H,5,13H2,1-4H3,(H,27,29). The van der Waals surface area contributed by atoms with Gasteiger partial charge in [0, 0.05) is 24.3 Å². The van der Waals surface area contributed by atoms with E-state index in [0.717, 1.165) is 50.3 Å². The Morgan fingerprint density at radius 3 is 2.85 bits per heavy atom. The van der Waals surface area contributed by atoms with Crippen LogP contribution in [0.5, 0.6) is 5.88 Å². The summed E-state index contributed by atoms with van der Waals surface area (Å²) >= 11 is 0. The fourth-order valence-electron chi connectivity index (χ4n) is 4.04. The van der Waals surface area contributed by atoms with Gasteiger partial charge in [-0.25, -0.2) is 15.0 Å². The minimum Gasteiger partial charge on any atom is -0.477 e. The van der Waals surface area contributed by atoms with Gasteiger partial charge in [-0.1, -0.05) is 12.1 Å². The van der Waals surface area contributed by atoms with Gasteiger partial charge in [0.1, 0.15) is 16.6 Å². The maximum absolute atomic E-state index is 5.77. The minimum atomic E-state index is 0.185. The Labute approximate surface area is 191 Å². The zero-order valence-electron chi connectivity index (χ0n) is 19.2. The van der Waals surface area contributed by atoms with Crippen LogP contribution in [0.3, 0.4) is 0 Å². The Hall–Kier alpha value is -3.94. The van der Waals surface area contributed by atoms with Crippen LogP contribution in [0.2, 0.25) is 0 Å². The molecule has 4 heterocycles. The first-order valence-electron chi connectivity index (χ1n) is 11.1. The Morgan fingerprint density at radius 2 is 2.03 bits per heavy atom. The summed E-state index contributed by atoms with van der Waals surface area (Å²) in [5.41, 5.74) is 7.93. The Bertz CT molecular complexity index is 1440. The minimum absolute atomic E-state index is 0.185. The molecule has 5 aromatic rings. The summed E-state index contributed by atoms with van der Waals surface area (Å²) in [7, 11) is 0. The summed E-state index contributed by atoms with van der Waals surface area (Å²) in [6.45, 7) is 9.27. The monoisotopic (exact) mass is 442 g/mol. The van der Waals surface area contributed by atoms with Gasteiger partial charge in [0.05, 0.1) is 29.2 Å². The number of benzene rings is 1. The highest BCUT2D eigenvalue weighted by Gasteiger charge is 2.19. The molecule has 0 radical (unpaired) electrons. The number of aromatic nitrogens is 5. The Morgan fingerprint density at radius 1 is 1.15 bits per heavy atom. The molecular formula is C25H26N6O2. The van der Waals surface area contributed by atoms with Crippen LogP contribution in [0, 0.1) is 6.92 Å². The zero-order valence-corrected chi connectivity index (χ0v) is 19.2. The topological polar surface area (TPSA) is 90.9 Å². The van der Waals surface area contributed by atoms with E-state index >= 15 is 0 Å². The number of anilines is 1. The number of para-hydroxylation sites is 1. The van der Waals surface area contributed by atoms with E-state index in [1.54, 1.807) is 6.20 Å². The maximum atomic E-state index is 5.77. The van der Waals surface area contributed by atoms with E-state index in [1.165, 1.54) is 6.39 Å². The number of nitrogens with zero attached hydrogens (tertiary/aromatic N) is 5. The molecule has 4 aromatic heterocycles. The number of rotatable bonds is 7. The summed E-state index contributed by atoms with van der Waals surface area (Å²) in [5.74, 6) is 0.568. The number of nitrogens with one attached hydrogen (secondary N) is 1. The van der Waals surface area contributed by atoms with Crippen LogP contribution in [0.15, 0.2) is 53.4 Å². The molecule has 0 aliphatic carbocycles. The van der Waals surface area contributed by atoms with Gasteiger partial charge in [-0.3, -0.25) is 4.68 Å². The van der Waals surface area contributed by atoms with E-state index in [9.17, 15) is 0 Å². The van der Waals surface area contributed by atoms with Crippen LogP contribution >= 0.6 is 0 Å². The first kappa shape index (κ1) is 20.9. The van der Waals surface area contributed by atoms with Crippen molar-refractivity contribution in [2.45, 2.75) is 40.3 Å². The van der Waals surface area contributed by atoms with Crippen molar-refractivity contribution < 1.29 is 9.15 Å². The fraction of sp³-hybridized carbons (Fsp3) is 0.280. The average molecular weight is 443 g/mol. The third-order valence-corrected chi connectivity index (χ3v) is 5.55. The molecule has 5 rings (SSSR count). The third-order valence-electron chi connectivity index (χ3n) is 5.55. The van der Waals surface area contributed by atoms with Gasteiger partial charge in [0.15, 0.2) is 12.0 Å². The predicted molar refractivity (Wildman–Crippen MR) is 128 cm³/mol. The van der Waals surface area contributed by atoms with Crippen LogP contribution in [0.4, 0.5) is 5.69 Å². The number of fused-ring (bicyclic) bond motifs is 2. The predicted octanol–water partition coefficient (Wildman–Crippen LogP) is 5.53. The van der Waals surface area contributed by atoms with Gasteiger partial charge in [-0.05, 0) is 52.0 Å². The lowest BCUT2D eigenvalue weighted by atomic mass is 10.1. The van der Waals surface area contributed by atoms with Crippen molar-refractivity contribution in [3.8, 4) is 17.1 Å². The summed E-state index contributed by atoms with van der Waals surface area (Å²) < 4.78 is 13.4. The molecule has 0 saturated heterocycles. The van der Waals surface area contributed by atoms with Crippen LogP contribution in [0.25, 0.3) is 33.4 Å². The lowest BCUT2D eigenvalue weighted by Crippen LogP contribution is -2.07. The smallest absolute Gasteiger partial charge is 0.222 e. The molecule has 8 heteroatoms. The first-order valence-corrected chi connectivity index (χ1v) is 11.1. The number of aryl methyl sites for hydroxylation is 1. The number of hydrogen-bond donors (Lipinski definition) is 1. The lowest BCUT2D eigenvalue weighted by Gasteiger charge is -2.15. The molecule has 0 spiro atoms. The van der Waals surface area contributed by atoms with Crippen molar-refractivity contribution in [1.82, 2.24) is 24.7 Å². The third kappa shape index (κ3) is 3.77. The number of hydrogen-bond acceptors (Lipinski definition) is 7. The average Bonchev–Trinajstić information content (AvgIpc) is 3.43. The summed E-state index contributed by atoms with van der Waals surface area (Å²) in [6.07, 6.45) is 3.21. The van der Waals surface area contributed by atoms with E-state index in [0.29, 0.717) is 19.0 Å². The van der Waals surface area contributed by atoms with Crippen molar-refractivity contribution in [2.24, 2.45) is 0 Å². The van der Waals surface area contributed by atoms with Gasteiger partial charge in [0.25, 0.3) is 0 Å².